The van der Waals surface area contributed by atoms with Crippen molar-refractivity contribution in [3.8, 4) is 0 Å². The van der Waals surface area contributed by atoms with Crippen LogP contribution in [0.1, 0.15) is 5.56 Å². The molecular weight excluding hydrogens is 291 g/mol. The van der Waals surface area contributed by atoms with Crippen molar-refractivity contribution < 1.29 is 0 Å². The minimum Gasteiger partial charge on any atom is -0.107 e. The molecule has 0 N–H and O–H groups in total. The number of hydrogen-bond donors (Lipinski definition) is 0. The quantitative estimate of drug-likeness (QED) is 0.763. The molecule has 0 bridgehead atoms. The van der Waals surface area contributed by atoms with Crippen LogP contribution < -0.4 is 0 Å². The Morgan fingerprint density at radius 1 is 1.23 bits per heavy atom. The fraction of sp³-hybridized carbons (Fsp3) is 0.111. The molecule has 0 spiro atoms. The molecule has 0 fully saturated rings. The predicted octanol–water partition coefficient (Wildman–Crippen LogP) is 4.92. The van der Waals surface area contributed by atoms with Crippen LogP contribution in [-0.4, -0.2) is 0 Å². The van der Waals surface area contributed by atoms with E-state index in [9.17, 15) is 0 Å². The summed E-state index contributed by atoms with van der Waals surface area (Å²) < 4.78 is 1.06. The monoisotopic (exact) mass is 296 g/mol. The average molecular weight is 298 g/mol. The molecule has 0 aromatic heterocycles. The zero-order valence-electron chi connectivity index (χ0n) is 6.64. The molecule has 0 radical (unpaired) electrons. The fourth-order valence-electron chi connectivity index (χ4n) is 0.775. The lowest BCUT2D eigenvalue weighted by Gasteiger charge is -1.99. The summed E-state index contributed by atoms with van der Waals surface area (Å²) in [5, 5.41) is 0. The van der Waals surface area contributed by atoms with E-state index in [-0.39, 0.29) is 0 Å². The van der Waals surface area contributed by atoms with Crippen LogP contribution in [0.3, 0.4) is 0 Å². The summed E-state index contributed by atoms with van der Waals surface area (Å²) in [6.07, 6.45) is 0. The molecule has 0 saturated carbocycles. The number of thioether (sulfide) groups is 1. The maximum absolute atomic E-state index is 5.83. The van der Waals surface area contributed by atoms with Crippen molar-refractivity contribution in [3.05, 3.63) is 44.2 Å². The summed E-state index contributed by atoms with van der Waals surface area (Å²) in [7, 11) is 0. The summed E-state index contributed by atoms with van der Waals surface area (Å²) in [5.41, 5.74) is 1.23. The first-order chi connectivity index (χ1) is 6.20. The van der Waals surface area contributed by atoms with E-state index in [0.29, 0.717) is 8.31 Å². The third kappa shape index (κ3) is 4.41. The Bertz CT molecular complexity index is 294. The maximum atomic E-state index is 5.83. The lowest BCUT2D eigenvalue weighted by Crippen LogP contribution is -1.77. The third-order valence-corrected chi connectivity index (χ3v) is 4.09. The fourth-order valence-corrected chi connectivity index (χ4v) is 2.04. The number of benzene rings is 1. The van der Waals surface area contributed by atoms with E-state index in [1.54, 1.807) is 0 Å². The van der Waals surface area contributed by atoms with Crippen molar-refractivity contribution in [1.29, 1.82) is 0 Å². The Balaban J connectivity index is 2.49. The normalized spacial score (nSPS) is 12.5. The van der Waals surface area contributed by atoms with Crippen molar-refractivity contribution in [1.82, 2.24) is 0 Å². The van der Waals surface area contributed by atoms with Crippen LogP contribution in [0, 0.1) is 0 Å². The van der Waals surface area contributed by atoms with Crippen LogP contribution in [0.15, 0.2) is 38.6 Å². The molecule has 0 aliphatic carbocycles. The van der Waals surface area contributed by atoms with Crippen LogP contribution >= 0.6 is 50.9 Å². The first-order valence-corrected chi connectivity index (χ1v) is 6.11. The Labute approximate surface area is 100 Å². The Kier molecular flexibility index (Phi) is 5.25. The number of rotatable bonds is 3. The summed E-state index contributed by atoms with van der Waals surface area (Å²) in [6, 6.07) is 10.1. The number of halogens is 3. The van der Waals surface area contributed by atoms with Crippen LogP contribution in [-0.2, 0) is 5.75 Å². The summed E-state index contributed by atoms with van der Waals surface area (Å²) in [4.78, 5) is 0. The van der Waals surface area contributed by atoms with Gasteiger partial charge in [-0.25, -0.2) is 0 Å². The molecule has 0 saturated heterocycles. The van der Waals surface area contributed by atoms with Gasteiger partial charge in [0, 0.05) is 5.75 Å². The largest absolute Gasteiger partial charge is 0.108 e. The second-order valence-electron chi connectivity index (χ2n) is 2.31. The molecule has 0 unspecified atom stereocenters. The van der Waals surface area contributed by atoms with Gasteiger partial charge in [-0.2, -0.15) is 0 Å². The van der Waals surface area contributed by atoms with E-state index in [0.717, 1.165) is 5.75 Å². The third-order valence-electron chi connectivity index (χ3n) is 1.36. The molecular formula is C9H7BrCl2S. The highest BCUT2D eigenvalue weighted by atomic mass is 79.9. The minimum atomic E-state index is 0.468. The van der Waals surface area contributed by atoms with Crippen LogP contribution in [0.2, 0.25) is 0 Å². The van der Waals surface area contributed by atoms with Gasteiger partial charge in [-0.15, -0.1) is 11.8 Å². The lowest BCUT2D eigenvalue weighted by molar-refractivity contribution is 1.42. The van der Waals surface area contributed by atoms with Gasteiger partial charge >= 0.3 is 0 Å². The topological polar surface area (TPSA) is 0 Å². The molecule has 1 aromatic carbocycles. The second kappa shape index (κ2) is 5.97. The summed E-state index contributed by atoms with van der Waals surface area (Å²) in [5.74, 6) is 0.835. The Morgan fingerprint density at radius 2 is 1.85 bits per heavy atom. The van der Waals surface area contributed by atoms with Crippen molar-refractivity contribution in [2.24, 2.45) is 0 Å². The van der Waals surface area contributed by atoms with Gasteiger partial charge in [-0.1, -0.05) is 53.5 Å². The maximum Gasteiger partial charge on any atom is 0.108 e. The summed E-state index contributed by atoms with van der Waals surface area (Å²) >= 11 is 16.1. The van der Waals surface area contributed by atoms with Crippen molar-refractivity contribution >= 4 is 50.9 Å². The highest BCUT2D eigenvalue weighted by Crippen LogP contribution is 2.32. The molecule has 0 aliphatic heterocycles. The van der Waals surface area contributed by atoms with Crippen LogP contribution in [0.25, 0.3) is 0 Å². The smallest absolute Gasteiger partial charge is 0.107 e. The highest BCUT2D eigenvalue weighted by Gasteiger charge is 1.99. The molecule has 0 aliphatic rings. The molecule has 0 atom stereocenters. The summed E-state index contributed by atoms with van der Waals surface area (Å²) in [6.45, 7) is 0. The molecule has 0 heterocycles. The first-order valence-electron chi connectivity index (χ1n) is 3.57. The van der Waals surface area contributed by atoms with Crippen molar-refractivity contribution in [3.63, 3.8) is 0 Å². The molecule has 0 amide bonds. The van der Waals surface area contributed by atoms with Gasteiger partial charge in [0.2, 0.25) is 0 Å². The van der Waals surface area contributed by atoms with Gasteiger partial charge in [0.1, 0.15) is 3.94 Å². The van der Waals surface area contributed by atoms with E-state index in [1.807, 2.05) is 18.2 Å². The molecule has 13 heavy (non-hydrogen) atoms. The van der Waals surface area contributed by atoms with Gasteiger partial charge in [-0.05, 0) is 21.5 Å². The van der Waals surface area contributed by atoms with E-state index in [4.69, 9.17) is 23.2 Å². The van der Waals surface area contributed by atoms with Crippen molar-refractivity contribution in [2.75, 3.05) is 0 Å². The van der Waals surface area contributed by atoms with Crippen LogP contribution in [0.5, 0.6) is 0 Å². The van der Waals surface area contributed by atoms with E-state index in [2.05, 4.69) is 28.1 Å². The minimum absolute atomic E-state index is 0.468. The van der Waals surface area contributed by atoms with Gasteiger partial charge in [0.15, 0.2) is 0 Å². The molecule has 1 rings (SSSR count). The number of hydrogen-bond acceptors (Lipinski definition) is 1. The zero-order chi connectivity index (χ0) is 9.68. The SMILES string of the molecule is Cl/C(Br)=C(/Cl)SCc1ccccc1. The molecule has 70 valence electrons. The van der Waals surface area contributed by atoms with Gasteiger partial charge < -0.3 is 0 Å². The predicted molar refractivity (Wildman–Crippen MR) is 65.4 cm³/mol. The molecule has 4 heteroatoms. The van der Waals surface area contributed by atoms with E-state index < -0.39 is 0 Å². The van der Waals surface area contributed by atoms with Crippen molar-refractivity contribution in [2.45, 2.75) is 5.75 Å². The lowest BCUT2D eigenvalue weighted by atomic mass is 10.2. The van der Waals surface area contributed by atoms with Crippen LogP contribution in [0.4, 0.5) is 0 Å². The van der Waals surface area contributed by atoms with E-state index in [1.165, 1.54) is 17.3 Å². The standard InChI is InChI=1S/C9H7BrCl2S/c10-8(11)9(12)13-6-7-4-2-1-3-5-7/h1-5H,6H2/b9-8-. The Morgan fingerprint density at radius 3 is 2.38 bits per heavy atom. The first kappa shape index (κ1) is 11.4. The van der Waals surface area contributed by atoms with Gasteiger partial charge in [-0.3, -0.25) is 0 Å². The second-order valence-corrected chi connectivity index (χ2v) is 5.52. The Hall–Kier alpha value is 0.370. The highest BCUT2D eigenvalue weighted by molar-refractivity contribution is 9.12. The van der Waals surface area contributed by atoms with Gasteiger partial charge in [0.25, 0.3) is 0 Å². The zero-order valence-corrected chi connectivity index (χ0v) is 10.6. The molecule has 1 aromatic rings. The average Bonchev–Trinajstić information content (AvgIpc) is 2.15. The van der Waals surface area contributed by atoms with E-state index >= 15 is 0 Å². The van der Waals surface area contributed by atoms with Gasteiger partial charge in [0.05, 0.1) is 4.36 Å². The molecule has 0 nitrogen and oxygen atoms in total.